The molecule has 1 aliphatic heterocycles. The molecule has 0 saturated carbocycles. The Balaban J connectivity index is 1.71. The van der Waals surface area contributed by atoms with Crippen molar-refractivity contribution in [2.75, 3.05) is 19.1 Å². The second-order valence-corrected chi connectivity index (χ2v) is 9.03. The Labute approximate surface area is 183 Å². The summed E-state index contributed by atoms with van der Waals surface area (Å²) >= 11 is 1.29. The zero-order valence-corrected chi connectivity index (χ0v) is 17.8. The van der Waals surface area contributed by atoms with Crippen molar-refractivity contribution in [3.8, 4) is 0 Å². The highest BCUT2D eigenvalue weighted by atomic mass is 32.1. The third kappa shape index (κ3) is 2.11. The number of anilines is 1. The summed E-state index contributed by atoms with van der Waals surface area (Å²) in [6.07, 6.45) is 0.875. The summed E-state index contributed by atoms with van der Waals surface area (Å²) in [5.74, 6) is -1.81. The van der Waals surface area contributed by atoms with Gasteiger partial charge in [0.15, 0.2) is 11.4 Å². The van der Waals surface area contributed by atoms with Gasteiger partial charge >= 0.3 is 0 Å². The van der Waals surface area contributed by atoms with Crippen LogP contribution in [0.4, 0.5) is 5.13 Å². The Morgan fingerprint density at radius 3 is 2.13 bits per heavy atom. The maximum atomic E-state index is 14.0. The van der Waals surface area contributed by atoms with Crippen LogP contribution in [0.5, 0.6) is 0 Å². The number of hydrogen-bond acceptors (Lipinski definition) is 6. The number of hydrogen-bond donors (Lipinski definition) is 0. The van der Waals surface area contributed by atoms with E-state index in [9.17, 15) is 9.59 Å². The fraction of sp³-hybridized carbons (Fsp3) is 0.292. The molecular weight excluding hydrogens is 412 g/mol. The van der Waals surface area contributed by atoms with Crippen LogP contribution in [0.3, 0.4) is 0 Å². The van der Waals surface area contributed by atoms with Gasteiger partial charge in [-0.15, -0.1) is 11.3 Å². The molecule has 2 heterocycles. The van der Waals surface area contributed by atoms with Crippen LogP contribution in [0, 0.1) is 11.8 Å². The number of carbonyl (C=O) groups is 2. The number of methoxy groups -OCH3 is 2. The van der Waals surface area contributed by atoms with Gasteiger partial charge < -0.3 is 9.47 Å². The van der Waals surface area contributed by atoms with E-state index in [2.05, 4.69) is 17.1 Å². The third-order valence-corrected chi connectivity index (χ3v) is 7.85. The summed E-state index contributed by atoms with van der Waals surface area (Å²) in [7, 11) is 3.17. The first kappa shape index (κ1) is 18.9. The van der Waals surface area contributed by atoms with E-state index in [-0.39, 0.29) is 17.7 Å². The number of rotatable bonds is 4. The van der Waals surface area contributed by atoms with Crippen LogP contribution in [0.15, 0.2) is 60.1 Å². The number of nitrogens with zero attached hydrogens (tertiary/aromatic N) is 2. The number of ether oxygens (including phenoxy) is 2. The fourth-order valence-electron chi connectivity index (χ4n) is 6.21. The van der Waals surface area contributed by atoms with Crippen LogP contribution in [-0.4, -0.2) is 37.3 Å². The van der Waals surface area contributed by atoms with Crippen molar-refractivity contribution >= 4 is 28.3 Å². The number of carbonyl (C=O) groups excluding carboxylic acids is 2. The van der Waals surface area contributed by atoms with Gasteiger partial charge in [-0.1, -0.05) is 48.5 Å². The maximum absolute atomic E-state index is 14.0. The summed E-state index contributed by atoms with van der Waals surface area (Å²) in [5, 5.41) is 2.19. The lowest BCUT2D eigenvalue weighted by molar-refractivity contribution is -0.168. The minimum atomic E-state index is -0.936. The molecule has 3 aromatic rings. The van der Waals surface area contributed by atoms with Crippen molar-refractivity contribution < 1.29 is 19.1 Å². The molecule has 2 atom stereocenters. The summed E-state index contributed by atoms with van der Waals surface area (Å²) in [6, 6.07) is 16.1. The van der Waals surface area contributed by atoms with Crippen molar-refractivity contribution in [2.45, 2.75) is 17.6 Å². The average Bonchev–Trinajstić information content (AvgIpc) is 3.42. The van der Waals surface area contributed by atoms with E-state index >= 15 is 0 Å². The van der Waals surface area contributed by atoms with E-state index in [0.29, 0.717) is 5.13 Å². The molecule has 2 aromatic carbocycles. The molecule has 31 heavy (non-hydrogen) atoms. The van der Waals surface area contributed by atoms with Crippen LogP contribution in [0.25, 0.3) is 0 Å². The molecule has 6 nitrogen and oxygen atoms in total. The third-order valence-electron chi connectivity index (χ3n) is 7.09. The van der Waals surface area contributed by atoms with Crippen LogP contribution >= 0.6 is 11.3 Å². The van der Waals surface area contributed by atoms with Gasteiger partial charge in [0.2, 0.25) is 11.8 Å². The number of thiazole rings is 1. The second-order valence-electron chi connectivity index (χ2n) is 8.15. The number of benzene rings is 2. The lowest BCUT2D eigenvalue weighted by Gasteiger charge is -2.56. The molecule has 3 aliphatic carbocycles. The second kappa shape index (κ2) is 6.56. The molecule has 1 saturated heterocycles. The Morgan fingerprint density at radius 1 is 0.968 bits per heavy atom. The highest BCUT2D eigenvalue weighted by molar-refractivity contribution is 7.14. The van der Waals surface area contributed by atoms with Gasteiger partial charge in [0.05, 0.1) is 17.3 Å². The lowest BCUT2D eigenvalue weighted by atomic mass is 9.47. The molecule has 7 rings (SSSR count). The van der Waals surface area contributed by atoms with Crippen molar-refractivity contribution in [1.82, 2.24) is 4.98 Å². The molecule has 2 amide bonds. The smallest absolute Gasteiger partial charge is 0.241 e. The molecule has 1 fully saturated rings. The van der Waals surface area contributed by atoms with Gasteiger partial charge in [0.25, 0.3) is 0 Å². The van der Waals surface area contributed by atoms with Crippen molar-refractivity contribution in [3.05, 3.63) is 82.4 Å². The van der Waals surface area contributed by atoms with E-state index in [0.717, 1.165) is 22.3 Å². The Kier molecular flexibility index (Phi) is 3.99. The van der Waals surface area contributed by atoms with E-state index < -0.39 is 23.5 Å². The van der Waals surface area contributed by atoms with Gasteiger partial charge in [0.1, 0.15) is 0 Å². The molecule has 0 N–H and O–H groups in total. The first-order chi connectivity index (χ1) is 15.2. The van der Waals surface area contributed by atoms with Gasteiger partial charge in [-0.2, -0.15) is 0 Å². The fourth-order valence-corrected chi connectivity index (χ4v) is 6.86. The average molecular weight is 433 g/mol. The zero-order valence-electron chi connectivity index (χ0n) is 17.0. The van der Waals surface area contributed by atoms with Crippen LogP contribution in [-0.2, 0) is 24.5 Å². The lowest BCUT2D eigenvalue weighted by Crippen LogP contribution is -2.60. The van der Waals surface area contributed by atoms with E-state index in [1.807, 2.05) is 36.4 Å². The molecule has 1 aromatic heterocycles. The quantitative estimate of drug-likeness (QED) is 0.467. The van der Waals surface area contributed by atoms with Crippen molar-refractivity contribution in [3.63, 3.8) is 0 Å². The van der Waals surface area contributed by atoms with E-state index in [1.54, 1.807) is 25.8 Å². The summed E-state index contributed by atoms with van der Waals surface area (Å²) in [4.78, 5) is 33.3. The van der Waals surface area contributed by atoms with Crippen LogP contribution < -0.4 is 4.90 Å². The van der Waals surface area contributed by atoms with Crippen LogP contribution in [0.1, 0.15) is 28.2 Å². The first-order valence-electron chi connectivity index (χ1n) is 10.2. The summed E-state index contributed by atoms with van der Waals surface area (Å²) in [5.41, 5.74) is 3.17. The Morgan fingerprint density at radius 2 is 1.58 bits per heavy atom. The highest BCUT2D eigenvalue weighted by Crippen LogP contribution is 2.65. The minimum Gasteiger partial charge on any atom is -0.355 e. The summed E-state index contributed by atoms with van der Waals surface area (Å²) in [6.45, 7) is 0. The normalized spacial score (nSPS) is 28.1. The molecule has 4 aliphatic rings. The monoisotopic (exact) mass is 432 g/mol. The van der Waals surface area contributed by atoms with Crippen molar-refractivity contribution in [2.24, 2.45) is 11.8 Å². The predicted molar refractivity (Wildman–Crippen MR) is 115 cm³/mol. The highest BCUT2D eigenvalue weighted by Gasteiger charge is 2.71. The van der Waals surface area contributed by atoms with Gasteiger partial charge in [0, 0.05) is 31.7 Å². The predicted octanol–water partition coefficient (Wildman–Crippen LogP) is 3.31. The summed E-state index contributed by atoms with van der Waals surface area (Å²) < 4.78 is 11.7. The minimum absolute atomic E-state index is 0.199. The molecular formula is C24H20N2O4S. The Hall–Kier alpha value is -2.87. The number of amides is 2. The van der Waals surface area contributed by atoms with E-state index in [1.165, 1.54) is 16.2 Å². The zero-order chi connectivity index (χ0) is 21.3. The molecule has 2 bridgehead atoms. The molecule has 156 valence electrons. The maximum Gasteiger partial charge on any atom is 0.241 e. The molecule has 0 radical (unpaired) electrons. The standard InChI is InChI=1S/C24H20N2O4S/c1-29-22(30-2)24-15-9-5-3-7-13(15)17(14-8-4-6-10-16(14)24)18-19(24)21(28)26(20(18)27)23-25-11-12-31-23/h3-12,17-19,22H,1-2H3/t17?,18-,19-,24?/m1/s1. The molecule has 0 spiro atoms. The van der Waals surface area contributed by atoms with Gasteiger partial charge in [-0.05, 0) is 22.3 Å². The molecule has 7 heteroatoms. The van der Waals surface area contributed by atoms with E-state index in [4.69, 9.17) is 9.47 Å². The SMILES string of the molecule is COC(OC)C12c3ccccc3C(c3ccccc31)[C@H]1C(=O)N(c3nccs3)C(=O)[C@@H]12. The largest absolute Gasteiger partial charge is 0.355 e. The first-order valence-corrected chi connectivity index (χ1v) is 11.1. The number of aromatic nitrogens is 1. The van der Waals surface area contributed by atoms with Crippen LogP contribution in [0.2, 0.25) is 0 Å². The Bertz CT molecular complexity index is 1160. The topological polar surface area (TPSA) is 68.7 Å². The number of imide groups is 1. The molecule has 0 unspecified atom stereocenters. The van der Waals surface area contributed by atoms with Gasteiger partial charge in [-0.25, -0.2) is 9.88 Å². The van der Waals surface area contributed by atoms with Crippen molar-refractivity contribution in [1.29, 1.82) is 0 Å². The van der Waals surface area contributed by atoms with Gasteiger partial charge in [-0.3, -0.25) is 9.59 Å².